The zero-order valence-corrected chi connectivity index (χ0v) is 12.0. The molecule has 1 aliphatic rings. The van der Waals surface area contributed by atoms with Crippen molar-refractivity contribution < 1.29 is 14.1 Å². The Morgan fingerprint density at radius 3 is 2.77 bits per heavy atom. The Bertz CT molecular complexity index is 784. The van der Waals surface area contributed by atoms with Gasteiger partial charge in [-0.1, -0.05) is 23.9 Å². The molecule has 1 fully saturated rings. The topological polar surface area (TPSA) is 111 Å². The van der Waals surface area contributed by atoms with Gasteiger partial charge in [-0.2, -0.15) is 0 Å². The number of furan rings is 1. The van der Waals surface area contributed by atoms with E-state index in [2.05, 4.69) is 5.32 Å². The molecule has 0 spiro atoms. The van der Waals surface area contributed by atoms with Crippen LogP contribution in [0, 0.1) is 10.1 Å². The molecule has 1 saturated heterocycles. The number of rotatable bonds is 3. The van der Waals surface area contributed by atoms with E-state index < -0.39 is 10.4 Å². The molecule has 1 atom stereocenters. The summed E-state index contributed by atoms with van der Waals surface area (Å²) in [5, 5.41) is 13.6. The first-order valence-corrected chi connectivity index (χ1v) is 7.21. The van der Waals surface area contributed by atoms with Crippen molar-refractivity contribution >= 4 is 29.4 Å². The fourth-order valence-electron chi connectivity index (χ4n) is 2.07. The normalized spacial score (nSPS) is 19.4. The van der Waals surface area contributed by atoms with Gasteiger partial charge in [-0.15, -0.1) is 0 Å². The molecule has 1 unspecified atom stereocenters. The lowest BCUT2D eigenvalue weighted by atomic mass is 10.1. The average Bonchev–Trinajstić information content (AvgIpc) is 3.06. The van der Waals surface area contributed by atoms with Crippen LogP contribution in [0.3, 0.4) is 0 Å². The van der Waals surface area contributed by atoms with Crippen LogP contribution in [0.1, 0.15) is 5.76 Å². The largest absolute Gasteiger partial charge is 0.456 e. The first-order valence-electron chi connectivity index (χ1n) is 6.33. The van der Waals surface area contributed by atoms with E-state index in [1.54, 1.807) is 36.4 Å². The molecule has 112 valence electrons. The summed E-state index contributed by atoms with van der Waals surface area (Å²) >= 11 is 1.19. The summed E-state index contributed by atoms with van der Waals surface area (Å²) in [6.07, 6.45) is 1.56. The van der Waals surface area contributed by atoms with Gasteiger partial charge >= 0.3 is 0 Å². The minimum Gasteiger partial charge on any atom is -0.456 e. The molecule has 2 aromatic rings. The summed E-state index contributed by atoms with van der Waals surface area (Å²) in [6, 6.07) is 9.59. The van der Waals surface area contributed by atoms with Crippen LogP contribution in [0.2, 0.25) is 0 Å². The van der Waals surface area contributed by atoms with Crippen molar-refractivity contribution in [2.24, 2.45) is 5.73 Å². The van der Waals surface area contributed by atoms with Crippen LogP contribution in [0.4, 0.5) is 5.69 Å². The first-order chi connectivity index (χ1) is 10.5. The van der Waals surface area contributed by atoms with Crippen molar-refractivity contribution in [3.8, 4) is 11.3 Å². The van der Waals surface area contributed by atoms with E-state index in [4.69, 9.17) is 10.2 Å². The molecule has 3 N–H and O–H groups in total. The number of thioether (sulfide) groups is 1. The highest BCUT2D eigenvalue weighted by Crippen LogP contribution is 2.32. The molecule has 1 amide bonds. The Labute approximate surface area is 129 Å². The lowest BCUT2D eigenvalue weighted by Gasteiger charge is -1.98. The van der Waals surface area contributed by atoms with E-state index >= 15 is 0 Å². The Hall–Kier alpha value is -2.58. The number of nitro groups is 1. The second-order valence-electron chi connectivity index (χ2n) is 4.50. The number of hydrogen-bond acceptors (Lipinski definition) is 6. The fraction of sp³-hybridized carbons (Fsp3) is 0.0714. The van der Waals surface area contributed by atoms with Gasteiger partial charge in [-0.25, -0.2) is 0 Å². The fourth-order valence-corrected chi connectivity index (χ4v) is 2.85. The van der Waals surface area contributed by atoms with E-state index in [0.717, 1.165) is 0 Å². The number of nitrogens with two attached hydrogens (primary N) is 1. The number of nitro benzene ring substituents is 1. The molecule has 1 aliphatic heterocycles. The second kappa shape index (κ2) is 5.66. The molecule has 1 aromatic heterocycles. The molecule has 3 rings (SSSR count). The monoisotopic (exact) mass is 317 g/mol. The molecule has 22 heavy (non-hydrogen) atoms. The van der Waals surface area contributed by atoms with Crippen molar-refractivity contribution in [2.75, 3.05) is 0 Å². The summed E-state index contributed by atoms with van der Waals surface area (Å²) in [7, 11) is 0. The number of nitrogens with zero attached hydrogens (tertiary/aromatic N) is 1. The molecular weight excluding hydrogens is 306 g/mol. The third-order valence-electron chi connectivity index (χ3n) is 3.02. The van der Waals surface area contributed by atoms with Gasteiger partial charge < -0.3 is 15.5 Å². The maximum Gasteiger partial charge on any atom is 0.280 e. The van der Waals surface area contributed by atoms with Crippen LogP contribution in [-0.2, 0) is 4.79 Å². The van der Waals surface area contributed by atoms with E-state index in [1.807, 2.05) is 0 Å². The van der Waals surface area contributed by atoms with Gasteiger partial charge in [0.15, 0.2) is 0 Å². The van der Waals surface area contributed by atoms with Gasteiger partial charge in [0.2, 0.25) is 0 Å². The molecule has 0 aliphatic carbocycles. The van der Waals surface area contributed by atoms with E-state index in [1.165, 1.54) is 17.8 Å². The predicted molar refractivity (Wildman–Crippen MR) is 82.5 cm³/mol. The Balaban J connectivity index is 1.94. The average molecular weight is 317 g/mol. The first kappa shape index (κ1) is 14.4. The van der Waals surface area contributed by atoms with Crippen molar-refractivity contribution in [3.63, 3.8) is 0 Å². The van der Waals surface area contributed by atoms with Crippen LogP contribution in [0.25, 0.3) is 17.4 Å². The number of amides is 1. The van der Waals surface area contributed by atoms with Crippen molar-refractivity contribution in [1.29, 1.82) is 0 Å². The third kappa shape index (κ3) is 2.74. The van der Waals surface area contributed by atoms with Crippen LogP contribution in [0.15, 0.2) is 45.7 Å². The lowest BCUT2D eigenvalue weighted by Crippen LogP contribution is -2.31. The van der Waals surface area contributed by atoms with Crippen LogP contribution in [-0.4, -0.2) is 16.3 Å². The Morgan fingerprint density at radius 2 is 2.09 bits per heavy atom. The smallest absolute Gasteiger partial charge is 0.280 e. The number of hydrogen-bond donors (Lipinski definition) is 2. The summed E-state index contributed by atoms with van der Waals surface area (Å²) in [6.45, 7) is 0. The maximum absolute atomic E-state index is 11.6. The quantitative estimate of drug-likeness (QED) is 0.510. The number of para-hydroxylation sites is 1. The van der Waals surface area contributed by atoms with Crippen LogP contribution >= 0.6 is 11.8 Å². The molecule has 7 nitrogen and oxygen atoms in total. The predicted octanol–water partition coefficient (Wildman–Crippen LogP) is 2.30. The van der Waals surface area contributed by atoms with Gasteiger partial charge in [0.05, 0.1) is 15.4 Å². The molecule has 0 saturated carbocycles. The highest BCUT2D eigenvalue weighted by Gasteiger charge is 2.24. The Kier molecular flexibility index (Phi) is 3.70. The molecule has 2 heterocycles. The van der Waals surface area contributed by atoms with Crippen molar-refractivity contribution in [3.05, 3.63) is 57.2 Å². The van der Waals surface area contributed by atoms with Crippen LogP contribution < -0.4 is 11.1 Å². The standard InChI is InChI=1S/C14H11N3O4S/c15-14-16-13(18)12(22-14)7-8-5-6-11(21-8)9-3-1-2-4-10(9)17(19)20/h1-7,14H,15H2,(H,16,18)/b12-7-. The van der Waals surface area contributed by atoms with Crippen molar-refractivity contribution in [2.45, 2.75) is 5.50 Å². The SMILES string of the molecule is NC1NC(=O)/C(=C/c2ccc(-c3ccccc3[N+](=O)[O-])o2)S1. The van der Waals surface area contributed by atoms with Gasteiger partial charge in [-0.3, -0.25) is 14.9 Å². The number of nitrogens with one attached hydrogen (secondary N) is 1. The minimum atomic E-state index is -0.469. The highest BCUT2D eigenvalue weighted by molar-refractivity contribution is 8.05. The zero-order valence-electron chi connectivity index (χ0n) is 11.2. The van der Waals surface area contributed by atoms with Gasteiger partial charge in [0, 0.05) is 12.1 Å². The number of carbonyl (C=O) groups excluding carboxylic acids is 1. The van der Waals surface area contributed by atoms with Crippen LogP contribution in [0.5, 0.6) is 0 Å². The third-order valence-corrected chi connectivity index (χ3v) is 3.95. The van der Waals surface area contributed by atoms with E-state index in [0.29, 0.717) is 22.0 Å². The molecular formula is C14H11N3O4S. The van der Waals surface area contributed by atoms with Crippen molar-refractivity contribution in [1.82, 2.24) is 5.32 Å². The number of benzene rings is 1. The van der Waals surface area contributed by atoms with Gasteiger partial charge in [-0.05, 0) is 18.2 Å². The number of carbonyl (C=O) groups is 1. The maximum atomic E-state index is 11.6. The summed E-state index contributed by atoms with van der Waals surface area (Å²) < 4.78 is 5.59. The minimum absolute atomic E-state index is 0.0361. The van der Waals surface area contributed by atoms with Gasteiger partial charge in [0.25, 0.3) is 11.6 Å². The summed E-state index contributed by atoms with van der Waals surface area (Å²) in [4.78, 5) is 22.6. The molecule has 0 bridgehead atoms. The summed E-state index contributed by atoms with van der Waals surface area (Å²) in [5.41, 5.74) is 5.48. The molecule has 0 radical (unpaired) electrons. The Morgan fingerprint density at radius 1 is 1.32 bits per heavy atom. The second-order valence-corrected chi connectivity index (χ2v) is 5.68. The van der Waals surface area contributed by atoms with Gasteiger partial charge in [0.1, 0.15) is 17.0 Å². The van der Waals surface area contributed by atoms with E-state index in [-0.39, 0.29) is 11.6 Å². The summed E-state index contributed by atoms with van der Waals surface area (Å²) in [5.74, 6) is 0.535. The molecule has 8 heteroatoms. The highest BCUT2D eigenvalue weighted by atomic mass is 32.2. The molecule has 1 aromatic carbocycles. The van der Waals surface area contributed by atoms with E-state index in [9.17, 15) is 14.9 Å². The lowest BCUT2D eigenvalue weighted by molar-refractivity contribution is -0.384. The zero-order chi connectivity index (χ0) is 15.7.